The van der Waals surface area contributed by atoms with E-state index in [4.69, 9.17) is 9.84 Å². The first-order valence-corrected chi connectivity index (χ1v) is 6.52. The van der Waals surface area contributed by atoms with Crippen LogP contribution >= 0.6 is 0 Å². The molecule has 1 unspecified atom stereocenters. The van der Waals surface area contributed by atoms with E-state index in [0.29, 0.717) is 13.0 Å². The third kappa shape index (κ3) is 6.62. The van der Waals surface area contributed by atoms with Crippen molar-refractivity contribution in [2.75, 3.05) is 6.61 Å². The predicted octanol–water partition coefficient (Wildman–Crippen LogP) is 2.72. The standard InChI is InChI=1S/C15H25NO2/c1-12(17)9-10-18-14-7-5-13(6-8-14)11-16-15(2,3)4/h5-8,12,16-17H,9-11H2,1-4H3. The van der Waals surface area contributed by atoms with Gasteiger partial charge in [-0.15, -0.1) is 0 Å². The van der Waals surface area contributed by atoms with Crippen LogP contribution in [0.3, 0.4) is 0 Å². The van der Waals surface area contributed by atoms with Gasteiger partial charge in [-0.25, -0.2) is 0 Å². The quantitative estimate of drug-likeness (QED) is 0.817. The fourth-order valence-electron chi connectivity index (χ4n) is 1.42. The molecule has 0 bridgehead atoms. The third-order valence-corrected chi connectivity index (χ3v) is 2.55. The maximum atomic E-state index is 9.13. The second-order valence-electron chi connectivity index (χ2n) is 5.73. The Kier molecular flexibility index (Phi) is 5.63. The summed E-state index contributed by atoms with van der Waals surface area (Å²) in [5, 5.41) is 12.6. The molecule has 1 rings (SSSR count). The van der Waals surface area contributed by atoms with Gasteiger partial charge in [0.15, 0.2) is 0 Å². The highest BCUT2D eigenvalue weighted by Gasteiger charge is 2.08. The first-order valence-electron chi connectivity index (χ1n) is 6.52. The lowest BCUT2D eigenvalue weighted by atomic mass is 10.1. The molecule has 1 aromatic rings. The number of ether oxygens (including phenoxy) is 1. The van der Waals surface area contributed by atoms with Crippen LogP contribution in [0, 0.1) is 0 Å². The molecule has 3 heteroatoms. The molecule has 0 aliphatic rings. The molecule has 0 aliphatic carbocycles. The molecule has 102 valence electrons. The van der Waals surface area contributed by atoms with Crippen molar-refractivity contribution in [3.05, 3.63) is 29.8 Å². The summed E-state index contributed by atoms with van der Waals surface area (Å²) in [6.07, 6.45) is 0.355. The molecule has 0 spiro atoms. The van der Waals surface area contributed by atoms with Gasteiger partial charge in [0, 0.05) is 18.5 Å². The van der Waals surface area contributed by atoms with E-state index in [9.17, 15) is 0 Å². The molecule has 0 radical (unpaired) electrons. The average Bonchev–Trinajstić information content (AvgIpc) is 2.26. The lowest BCUT2D eigenvalue weighted by Gasteiger charge is -2.20. The van der Waals surface area contributed by atoms with Gasteiger partial charge in [0.25, 0.3) is 0 Å². The normalized spacial score (nSPS) is 13.4. The third-order valence-electron chi connectivity index (χ3n) is 2.55. The molecule has 0 saturated carbocycles. The Balaban J connectivity index is 2.38. The molecule has 3 nitrogen and oxygen atoms in total. The molecule has 0 amide bonds. The van der Waals surface area contributed by atoms with Crippen LogP contribution in [-0.2, 0) is 6.54 Å². The van der Waals surface area contributed by atoms with Crippen molar-refractivity contribution in [3.8, 4) is 5.75 Å². The van der Waals surface area contributed by atoms with Crippen LogP contribution in [-0.4, -0.2) is 23.4 Å². The summed E-state index contributed by atoms with van der Waals surface area (Å²) in [6, 6.07) is 8.08. The SMILES string of the molecule is CC(O)CCOc1ccc(CNC(C)(C)C)cc1. The molecule has 18 heavy (non-hydrogen) atoms. The summed E-state index contributed by atoms with van der Waals surface area (Å²) >= 11 is 0. The van der Waals surface area contributed by atoms with E-state index >= 15 is 0 Å². The zero-order chi connectivity index (χ0) is 13.6. The summed E-state index contributed by atoms with van der Waals surface area (Å²) in [4.78, 5) is 0. The largest absolute Gasteiger partial charge is 0.493 e. The Bertz CT molecular complexity index is 339. The predicted molar refractivity (Wildman–Crippen MR) is 74.8 cm³/mol. The van der Waals surface area contributed by atoms with E-state index in [2.05, 4.69) is 38.2 Å². The first-order chi connectivity index (χ1) is 8.37. The average molecular weight is 251 g/mol. The molecule has 1 aromatic carbocycles. The van der Waals surface area contributed by atoms with Gasteiger partial charge in [-0.2, -0.15) is 0 Å². The number of rotatable bonds is 6. The minimum atomic E-state index is -0.305. The number of aliphatic hydroxyl groups is 1. The Morgan fingerprint density at radius 1 is 1.22 bits per heavy atom. The summed E-state index contributed by atoms with van der Waals surface area (Å²) in [6.45, 7) is 9.64. The van der Waals surface area contributed by atoms with Gasteiger partial charge in [0.05, 0.1) is 12.7 Å². The van der Waals surface area contributed by atoms with Crippen LogP contribution in [0.2, 0.25) is 0 Å². The highest BCUT2D eigenvalue weighted by Crippen LogP contribution is 2.13. The smallest absolute Gasteiger partial charge is 0.119 e. The van der Waals surface area contributed by atoms with Crippen molar-refractivity contribution in [2.24, 2.45) is 0 Å². The maximum absolute atomic E-state index is 9.13. The van der Waals surface area contributed by atoms with Crippen LogP contribution in [0.5, 0.6) is 5.75 Å². The number of nitrogens with one attached hydrogen (secondary N) is 1. The maximum Gasteiger partial charge on any atom is 0.119 e. The molecule has 0 aromatic heterocycles. The topological polar surface area (TPSA) is 41.5 Å². The van der Waals surface area contributed by atoms with Crippen LogP contribution in [0.1, 0.15) is 39.7 Å². The Morgan fingerprint density at radius 3 is 2.33 bits per heavy atom. The molecule has 0 aliphatic heterocycles. The number of aliphatic hydroxyl groups excluding tert-OH is 1. The second-order valence-corrected chi connectivity index (χ2v) is 5.73. The molecule has 0 heterocycles. The van der Waals surface area contributed by atoms with Gasteiger partial charge < -0.3 is 15.2 Å². The van der Waals surface area contributed by atoms with Crippen molar-refractivity contribution >= 4 is 0 Å². The van der Waals surface area contributed by atoms with E-state index in [0.717, 1.165) is 12.3 Å². The monoisotopic (exact) mass is 251 g/mol. The van der Waals surface area contributed by atoms with Gasteiger partial charge in [-0.05, 0) is 45.4 Å². The minimum Gasteiger partial charge on any atom is -0.493 e. The lowest BCUT2D eigenvalue weighted by molar-refractivity contribution is 0.155. The fourth-order valence-corrected chi connectivity index (χ4v) is 1.42. The van der Waals surface area contributed by atoms with Crippen molar-refractivity contribution in [1.82, 2.24) is 5.32 Å². The summed E-state index contributed by atoms with van der Waals surface area (Å²) in [5.74, 6) is 0.857. The van der Waals surface area contributed by atoms with E-state index in [1.54, 1.807) is 6.92 Å². The molecular formula is C15H25NO2. The molecular weight excluding hydrogens is 226 g/mol. The highest BCUT2D eigenvalue weighted by molar-refractivity contribution is 5.27. The zero-order valence-corrected chi connectivity index (χ0v) is 11.9. The van der Waals surface area contributed by atoms with Crippen LogP contribution < -0.4 is 10.1 Å². The summed E-state index contributed by atoms with van der Waals surface area (Å²) < 4.78 is 5.54. The fraction of sp³-hybridized carbons (Fsp3) is 0.600. The Morgan fingerprint density at radius 2 is 1.83 bits per heavy atom. The van der Waals surface area contributed by atoms with Crippen LogP contribution in [0.15, 0.2) is 24.3 Å². The van der Waals surface area contributed by atoms with Crippen LogP contribution in [0.4, 0.5) is 0 Å². The first kappa shape index (κ1) is 15.0. The van der Waals surface area contributed by atoms with E-state index in [-0.39, 0.29) is 11.6 Å². The van der Waals surface area contributed by atoms with Gasteiger partial charge in [-0.3, -0.25) is 0 Å². The second kappa shape index (κ2) is 6.76. The Hall–Kier alpha value is -1.06. The Labute approximate surface area is 110 Å². The molecule has 1 atom stereocenters. The molecule has 2 N–H and O–H groups in total. The van der Waals surface area contributed by atoms with Crippen molar-refractivity contribution in [3.63, 3.8) is 0 Å². The summed E-state index contributed by atoms with van der Waals surface area (Å²) in [5.41, 5.74) is 1.37. The van der Waals surface area contributed by atoms with Gasteiger partial charge in [0.2, 0.25) is 0 Å². The summed E-state index contributed by atoms with van der Waals surface area (Å²) in [7, 11) is 0. The van der Waals surface area contributed by atoms with Crippen LogP contribution in [0.25, 0.3) is 0 Å². The van der Waals surface area contributed by atoms with E-state index in [1.165, 1.54) is 5.56 Å². The van der Waals surface area contributed by atoms with Gasteiger partial charge in [0.1, 0.15) is 5.75 Å². The van der Waals surface area contributed by atoms with Gasteiger partial charge >= 0.3 is 0 Å². The van der Waals surface area contributed by atoms with Gasteiger partial charge in [-0.1, -0.05) is 12.1 Å². The number of hydrogen-bond donors (Lipinski definition) is 2. The van der Waals surface area contributed by atoms with Crippen molar-refractivity contribution in [2.45, 2.75) is 52.3 Å². The van der Waals surface area contributed by atoms with Crippen molar-refractivity contribution in [1.29, 1.82) is 0 Å². The zero-order valence-electron chi connectivity index (χ0n) is 11.9. The minimum absolute atomic E-state index is 0.131. The number of hydrogen-bond acceptors (Lipinski definition) is 3. The van der Waals surface area contributed by atoms with Crippen molar-refractivity contribution < 1.29 is 9.84 Å². The molecule has 0 fully saturated rings. The number of benzene rings is 1. The van der Waals surface area contributed by atoms with E-state index in [1.807, 2.05) is 12.1 Å². The molecule has 0 saturated heterocycles. The highest BCUT2D eigenvalue weighted by atomic mass is 16.5. The van der Waals surface area contributed by atoms with E-state index < -0.39 is 0 Å². The lowest BCUT2D eigenvalue weighted by Crippen LogP contribution is -2.35.